The monoisotopic (exact) mass is 281 g/mol. The zero-order valence-corrected chi connectivity index (χ0v) is 11.9. The van der Waals surface area contributed by atoms with Gasteiger partial charge in [0, 0.05) is 23.5 Å². The number of aryl methyl sites for hydroxylation is 1. The van der Waals surface area contributed by atoms with Gasteiger partial charge < -0.3 is 4.74 Å². The van der Waals surface area contributed by atoms with Crippen LogP contribution in [-0.2, 0) is 16.0 Å². The SMILES string of the molecule is COC(=O)Cc1cc2cccc(C)c2n1-c1ncccn1. The molecule has 0 unspecified atom stereocenters. The summed E-state index contributed by atoms with van der Waals surface area (Å²) < 4.78 is 6.70. The summed E-state index contributed by atoms with van der Waals surface area (Å²) in [6, 6.07) is 9.79. The number of carbonyl (C=O) groups excluding carboxylic acids is 1. The molecular formula is C16H15N3O2. The van der Waals surface area contributed by atoms with Crippen LogP contribution < -0.4 is 0 Å². The Labute approximate surface area is 122 Å². The first-order valence-corrected chi connectivity index (χ1v) is 6.65. The van der Waals surface area contributed by atoms with Gasteiger partial charge in [-0.2, -0.15) is 0 Å². The molecule has 0 N–H and O–H groups in total. The zero-order valence-electron chi connectivity index (χ0n) is 11.9. The smallest absolute Gasteiger partial charge is 0.311 e. The average Bonchev–Trinajstić information content (AvgIpc) is 2.87. The van der Waals surface area contributed by atoms with Gasteiger partial charge in [0.05, 0.1) is 19.0 Å². The second-order valence-corrected chi connectivity index (χ2v) is 4.79. The molecule has 0 spiro atoms. The van der Waals surface area contributed by atoms with Crippen LogP contribution in [0.3, 0.4) is 0 Å². The Kier molecular flexibility index (Phi) is 3.39. The number of carbonyl (C=O) groups is 1. The molecule has 0 fully saturated rings. The van der Waals surface area contributed by atoms with Crippen molar-refractivity contribution in [1.82, 2.24) is 14.5 Å². The Morgan fingerprint density at radius 1 is 1.24 bits per heavy atom. The lowest BCUT2D eigenvalue weighted by molar-refractivity contribution is -0.139. The van der Waals surface area contributed by atoms with Gasteiger partial charge in [-0.05, 0) is 24.6 Å². The van der Waals surface area contributed by atoms with Gasteiger partial charge in [0.2, 0.25) is 5.95 Å². The lowest BCUT2D eigenvalue weighted by Gasteiger charge is -2.09. The molecule has 3 rings (SSSR count). The maximum absolute atomic E-state index is 11.7. The molecule has 2 aromatic heterocycles. The molecule has 21 heavy (non-hydrogen) atoms. The molecule has 1 aromatic carbocycles. The van der Waals surface area contributed by atoms with Crippen molar-refractivity contribution in [3.8, 4) is 5.95 Å². The van der Waals surface area contributed by atoms with E-state index in [-0.39, 0.29) is 12.4 Å². The topological polar surface area (TPSA) is 57.0 Å². The molecule has 0 aliphatic carbocycles. The minimum absolute atomic E-state index is 0.183. The van der Waals surface area contributed by atoms with Gasteiger partial charge in [-0.25, -0.2) is 9.97 Å². The molecule has 0 saturated carbocycles. The number of para-hydroxylation sites is 1. The minimum atomic E-state index is -0.285. The summed E-state index contributed by atoms with van der Waals surface area (Å²) in [6.07, 6.45) is 3.56. The van der Waals surface area contributed by atoms with Gasteiger partial charge in [0.15, 0.2) is 0 Å². The minimum Gasteiger partial charge on any atom is -0.469 e. The average molecular weight is 281 g/mol. The second kappa shape index (κ2) is 5.36. The predicted molar refractivity (Wildman–Crippen MR) is 79.3 cm³/mol. The highest BCUT2D eigenvalue weighted by Crippen LogP contribution is 2.26. The van der Waals surface area contributed by atoms with E-state index >= 15 is 0 Å². The predicted octanol–water partition coefficient (Wildman–Crippen LogP) is 2.44. The number of aromatic nitrogens is 3. The molecule has 0 aliphatic heterocycles. The van der Waals surface area contributed by atoms with E-state index < -0.39 is 0 Å². The Morgan fingerprint density at radius 2 is 2.00 bits per heavy atom. The Bertz CT molecular complexity index is 794. The number of hydrogen-bond donors (Lipinski definition) is 0. The summed E-state index contributed by atoms with van der Waals surface area (Å²) in [7, 11) is 1.39. The first-order valence-electron chi connectivity index (χ1n) is 6.65. The molecule has 0 atom stereocenters. The van der Waals surface area contributed by atoms with Crippen LogP contribution in [0.2, 0.25) is 0 Å². The van der Waals surface area contributed by atoms with E-state index in [1.165, 1.54) is 7.11 Å². The summed E-state index contributed by atoms with van der Waals surface area (Å²) in [5, 5.41) is 1.06. The van der Waals surface area contributed by atoms with Crippen molar-refractivity contribution < 1.29 is 9.53 Å². The van der Waals surface area contributed by atoms with Gasteiger partial charge >= 0.3 is 5.97 Å². The molecule has 0 aliphatic rings. The van der Waals surface area contributed by atoms with Crippen LogP contribution in [-0.4, -0.2) is 27.6 Å². The van der Waals surface area contributed by atoms with Crippen LogP contribution in [0.5, 0.6) is 0 Å². The van der Waals surface area contributed by atoms with Crippen molar-refractivity contribution in [2.75, 3.05) is 7.11 Å². The molecule has 0 saturated heterocycles. The normalized spacial score (nSPS) is 10.8. The van der Waals surface area contributed by atoms with E-state index in [2.05, 4.69) is 9.97 Å². The van der Waals surface area contributed by atoms with Crippen LogP contribution in [0.4, 0.5) is 0 Å². The quantitative estimate of drug-likeness (QED) is 0.692. The lowest BCUT2D eigenvalue weighted by atomic mass is 10.2. The van der Waals surface area contributed by atoms with Crippen molar-refractivity contribution in [2.45, 2.75) is 13.3 Å². The maximum atomic E-state index is 11.7. The number of nitrogens with zero attached hydrogens (tertiary/aromatic N) is 3. The number of hydrogen-bond acceptors (Lipinski definition) is 4. The maximum Gasteiger partial charge on any atom is 0.311 e. The van der Waals surface area contributed by atoms with E-state index in [9.17, 15) is 4.79 Å². The fourth-order valence-corrected chi connectivity index (χ4v) is 2.48. The third-order valence-electron chi connectivity index (χ3n) is 3.41. The summed E-state index contributed by atoms with van der Waals surface area (Å²) in [5.41, 5.74) is 2.94. The summed E-state index contributed by atoms with van der Waals surface area (Å²) in [5.74, 6) is 0.272. The van der Waals surface area contributed by atoms with Crippen molar-refractivity contribution in [1.29, 1.82) is 0 Å². The molecule has 5 nitrogen and oxygen atoms in total. The summed E-state index contributed by atoms with van der Waals surface area (Å²) in [6.45, 7) is 2.03. The largest absolute Gasteiger partial charge is 0.469 e. The number of ether oxygens (including phenoxy) is 1. The Balaban J connectivity index is 2.27. The van der Waals surface area contributed by atoms with Crippen LogP contribution >= 0.6 is 0 Å². The van der Waals surface area contributed by atoms with Crippen molar-refractivity contribution in [2.24, 2.45) is 0 Å². The number of esters is 1. The third kappa shape index (κ3) is 2.38. The molecular weight excluding hydrogens is 266 g/mol. The highest BCUT2D eigenvalue weighted by atomic mass is 16.5. The number of rotatable bonds is 3. The van der Waals surface area contributed by atoms with E-state index in [0.29, 0.717) is 5.95 Å². The first-order chi connectivity index (χ1) is 10.2. The first kappa shape index (κ1) is 13.3. The van der Waals surface area contributed by atoms with Gasteiger partial charge in [-0.1, -0.05) is 18.2 Å². The van der Waals surface area contributed by atoms with Crippen molar-refractivity contribution in [3.63, 3.8) is 0 Å². The fourth-order valence-electron chi connectivity index (χ4n) is 2.48. The van der Waals surface area contributed by atoms with E-state index in [0.717, 1.165) is 22.2 Å². The van der Waals surface area contributed by atoms with Gasteiger partial charge in [0.1, 0.15) is 0 Å². The van der Waals surface area contributed by atoms with Crippen molar-refractivity contribution in [3.05, 3.63) is 54.0 Å². The molecule has 0 amide bonds. The van der Waals surface area contributed by atoms with Crippen LogP contribution in [0, 0.1) is 6.92 Å². The van der Waals surface area contributed by atoms with E-state index in [1.807, 2.05) is 35.8 Å². The van der Waals surface area contributed by atoms with E-state index in [4.69, 9.17) is 4.74 Å². The molecule has 5 heteroatoms. The molecule has 0 bridgehead atoms. The zero-order chi connectivity index (χ0) is 14.8. The van der Waals surface area contributed by atoms with Gasteiger partial charge in [-0.3, -0.25) is 9.36 Å². The second-order valence-electron chi connectivity index (χ2n) is 4.79. The third-order valence-corrected chi connectivity index (χ3v) is 3.41. The Morgan fingerprint density at radius 3 is 2.71 bits per heavy atom. The van der Waals surface area contributed by atoms with Gasteiger partial charge in [-0.15, -0.1) is 0 Å². The molecule has 2 heterocycles. The van der Waals surface area contributed by atoms with Crippen LogP contribution in [0.15, 0.2) is 42.7 Å². The van der Waals surface area contributed by atoms with Crippen molar-refractivity contribution >= 4 is 16.9 Å². The summed E-state index contributed by atoms with van der Waals surface area (Å²) >= 11 is 0. The molecule has 3 aromatic rings. The highest BCUT2D eigenvalue weighted by molar-refractivity contribution is 5.87. The number of methoxy groups -OCH3 is 1. The Hall–Kier alpha value is -2.69. The van der Waals surface area contributed by atoms with E-state index in [1.54, 1.807) is 18.5 Å². The van der Waals surface area contributed by atoms with Crippen LogP contribution in [0.25, 0.3) is 16.9 Å². The summed E-state index contributed by atoms with van der Waals surface area (Å²) in [4.78, 5) is 20.3. The molecule has 0 radical (unpaired) electrons. The fraction of sp³-hybridized carbons (Fsp3) is 0.188. The van der Waals surface area contributed by atoms with Gasteiger partial charge in [0.25, 0.3) is 0 Å². The number of benzene rings is 1. The lowest BCUT2D eigenvalue weighted by Crippen LogP contribution is -2.11. The van der Waals surface area contributed by atoms with Crippen LogP contribution in [0.1, 0.15) is 11.3 Å². The highest BCUT2D eigenvalue weighted by Gasteiger charge is 2.16. The molecule has 106 valence electrons. The number of fused-ring (bicyclic) bond motifs is 1. The standard InChI is InChI=1S/C16H15N3O2/c1-11-5-3-6-12-9-13(10-14(20)21-2)19(15(11)12)16-17-7-4-8-18-16/h3-9H,10H2,1-2H3.